The van der Waals surface area contributed by atoms with E-state index in [2.05, 4.69) is 42.9 Å². The summed E-state index contributed by atoms with van der Waals surface area (Å²) in [7, 11) is -5.09. The van der Waals surface area contributed by atoms with Crippen molar-refractivity contribution in [2.24, 2.45) is 0 Å². The summed E-state index contributed by atoms with van der Waals surface area (Å²) in [5.41, 5.74) is 4.18. The largest absolute Gasteiger partial charge is 0.297 e. The van der Waals surface area contributed by atoms with Crippen LogP contribution in [0.4, 0.5) is 0 Å². The van der Waals surface area contributed by atoms with Crippen LogP contribution < -0.4 is 0 Å². The molecule has 1 rings (SSSR count). The van der Waals surface area contributed by atoms with Crippen LogP contribution in [0.2, 0.25) is 19.6 Å². The Hall–Kier alpha value is -1.53. The van der Waals surface area contributed by atoms with Gasteiger partial charge in [-0.2, -0.15) is 8.42 Å². The van der Waals surface area contributed by atoms with Crippen LogP contribution in [0.5, 0.6) is 0 Å². The molecule has 0 aromatic heterocycles. The van der Waals surface area contributed by atoms with Crippen molar-refractivity contribution in [1.29, 1.82) is 0 Å². The molecule has 0 aliphatic heterocycles. The molecule has 0 aliphatic carbocycles. The van der Waals surface area contributed by atoms with E-state index in [4.69, 9.17) is 4.18 Å². The zero-order chi connectivity index (χ0) is 15.9. The number of hydrogen-bond acceptors (Lipinski definition) is 3. The van der Waals surface area contributed by atoms with Crippen molar-refractivity contribution in [3.05, 3.63) is 29.8 Å². The van der Waals surface area contributed by atoms with Gasteiger partial charge in [0.2, 0.25) is 0 Å². The van der Waals surface area contributed by atoms with Gasteiger partial charge in [0, 0.05) is 0 Å². The van der Waals surface area contributed by atoms with E-state index in [-0.39, 0.29) is 11.5 Å². The summed E-state index contributed by atoms with van der Waals surface area (Å²) < 4.78 is 28.6. The van der Waals surface area contributed by atoms with Gasteiger partial charge in [-0.15, -0.1) is 5.54 Å². The lowest BCUT2D eigenvalue weighted by molar-refractivity contribution is 0.363. The van der Waals surface area contributed by atoms with Gasteiger partial charge in [0.25, 0.3) is 10.1 Å². The van der Waals surface area contributed by atoms with Gasteiger partial charge in [-0.1, -0.05) is 55.1 Å². The Morgan fingerprint density at radius 2 is 1.67 bits per heavy atom. The van der Waals surface area contributed by atoms with Crippen molar-refractivity contribution in [3.8, 4) is 23.3 Å². The molecule has 0 radical (unpaired) electrons. The lowest BCUT2D eigenvalue weighted by Crippen LogP contribution is -2.16. The molecule has 0 saturated heterocycles. The van der Waals surface area contributed by atoms with Crippen LogP contribution >= 0.6 is 0 Å². The van der Waals surface area contributed by atoms with E-state index in [1.165, 1.54) is 12.1 Å². The number of hydrogen-bond donors (Lipinski definition) is 0. The smallest absolute Gasteiger partial charge is 0.253 e. The minimum Gasteiger partial charge on any atom is -0.253 e. The van der Waals surface area contributed by atoms with E-state index in [0.717, 1.165) is 5.56 Å². The number of benzene rings is 1. The second-order valence-corrected chi connectivity index (χ2v) is 12.0. The molecule has 0 saturated carbocycles. The summed E-state index contributed by atoms with van der Waals surface area (Å²) in [5.74, 6) is 8.46. The van der Waals surface area contributed by atoms with E-state index in [1.807, 2.05) is 6.92 Å². The zero-order valence-electron chi connectivity index (χ0n) is 12.9. The Labute approximate surface area is 128 Å². The topological polar surface area (TPSA) is 43.4 Å². The second kappa shape index (κ2) is 7.47. The number of rotatable bonds is 3. The minimum atomic E-state index is -3.72. The summed E-state index contributed by atoms with van der Waals surface area (Å²) in [6.45, 7) is 8.22. The van der Waals surface area contributed by atoms with Gasteiger partial charge >= 0.3 is 0 Å². The molecule has 0 bridgehead atoms. The Bertz CT molecular complexity index is 690. The normalized spacial score (nSPS) is 11.0. The predicted octanol–water partition coefficient (Wildman–Crippen LogP) is 2.97. The Kier molecular flexibility index (Phi) is 6.23. The van der Waals surface area contributed by atoms with Crippen LogP contribution in [-0.4, -0.2) is 23.1 Å². The second-order valence-electron chi connectivity index (χ2n) is 5.61. The maximum Gasteiger partial charge on any atom is 0.297 e. The molecular weight excluding hydrogens is 300 g/mol. The quantitative estimate of drug-likeness (QED) is 0.488. The first-order valence-corrected chi connectivity index (χ1v) is 11.5. The molecule has 5 heteroatoms. The molecule has 0 spiro atoms. The summed E-state index contributed by atoms with van der Waals surface area (Å²) in [6.07, 6.45) is 0.443. The van der Waals surface area contributed by atoms with Crippen LogP contribution in [-0.2, 0) is 14.3 Å². The molecule has 112 valence electrons. The van der Waals surface area contributed by atoms with Gasteiger partial charge in [-0.3, -0.25) is 4.18 Å². The van der Waals surface area contributed by atoms with Crippen molar-refractivity contribution < 1.29 is 12.6 Å². The third-order valence-electron chi connectivity index (χ3n) is 2.36. The highest BCUT2D eigenvalue weighted by molar-refractivity contribution is 7.86. The maximum atomic E-state index is 11.9. The van der Waals surface area contributed by atoms with Crippen molar-refractivity contribution in [3.63, 3.8) is 0 Å². The first-order valence-electron chi connectivity index (χ1n) is 6.62. The molecule has 0 atom stereocenters. The van der Waals surface area contributed by atoms with Gasteiger partial charge in [0.1, 0.15) is 14.7 Å². The first-order chi connectivity index (χ1) is 9.71. The fourth-order valence-corrected chi connectivity index (χ4v) is 2.79. The molecule has 1 aromatic carbocycles. The standard InChI is InChI=1S/C16H20O3SSi/c1-15-9-11-16(12-10-15)20(17,18)19-13-7-5-6-8-14-21(2,3)4/h9-12H,6,13H2,1-4H3. The fraction of sp³-hybridized carbons (Fsp3) is 0.375. The van der Waals surface area contributed by atoms with E-state index in [9.17, 15) is 8.42 Å². The third kappa shape index (κ3) is 7.15. The predicted molar refractivity (Wildman–Crippen MR) is 87.8 cm³/mol. The average Bonchev–Trinajstić information content (AvgIpc) is 2.36. The first kappa shape index (κ1) is 17.5. The van der Waals surface area contributed by atoms with E-state index in [1.54, 1.807) is 12.1 Å². The minimum absolute atomic E-state index is 0.147. The molecule has 0 fully saturated rings. The molecule has 0 aliphatic rings. The Morgan fingerprint density at radius 1 is 1.05 bits per heavy atom. The van der Waals surface area contributed by atoms with Gasteiger partial charge in [-0.25, -0.2) is 0 Å². The van der Waals surface area contributed by atoms with Crippen molar-refractivity contribution >= 4 is 18.2 Å². The molecule has 0 unspecified atom stereocenters. The molecule has 21 heavy (non-hydrogen) atoms. The molecular formula is C16H20O3SSi. The molecule has 0 amide bonds. The zero-order valence-corrected chi connectivity index (χ0v) is 14.7. The van der Waals surface area contributed by atoms with Gasteiger partial charge in [0.15, 0.2) is 0 Å². The highest BCUT2D eigenvalue weighted by Gasteiger charge is 2.13. The maximum absolute atomic E-state index is 11.9. The summed E-state index contributed by atoms with van der Waals surface area (Å²) >= 11 is 0. The Morgan fingerprint density at radius 3 is 2.24 bits per heavy atom. The van der Waals surface area contributed by atoms with Crippen LogP contribution in [0.3, 0.4) is 0 Å². The summed E-state index contributed by atoms with van der Waals surface area (Å²) in [6, 6.07) is 6.51. The van der Waals surface area contributed by atoms with Gasteiger partial charge in [-0.05, 0) is 19.1 Å². The third-order valence-corrected chi connectivity index (χ3v) is 4.57. The lowest BCUT2D eigenvalue weighted by atomic mass is 10.2. The van der Waals surface area contributed by atoms with E-state index >= 15 is 0 Å². The van der Waals surface area contributed by atoms with E-state index < -0.39 is 18.2 Å². The molecule has 0 N–H and O–H groups in total. The van der Waals surface area contributed by atoms with Crippen molar-refractivity contribution in [1.82, 2.24) is 0 Å². The fourth-order valence-electron chi connectivity index (χ4n) is 1.35. The lowest BCUT2D eigenvalue weighted by Gasteiger charge is -2.02. The molecule has 0 heterocycles. The summed E-state index contributed by atoms with van der Waals surface area (Å²) in [5, 5.41) is 0. The van der Waals surface area contributed by atoms with Crippen LogP contribution in [0, 0.1) is 30.2 Å². The van der Waals surface area contributed by atoms with Crippen LogP contribution in [0.25, 0.3) is 0 Å². The molecule has 3 nitrogen and oxygen atoms in total. The van der Waals surface area contributed by atoms with Crippen molar-refractivity contribution in [2.75, 3.05) is 6.61 Å². The van der Waals surface area contributed by atoms with E-state index in [0.29, 0.717) is 6.42 Å². The Balaban J connectivity index is 2.52. The summed E-state index contributed by atoms with van der Waals surface area (Å²) in [4.78, 5) is 0.147. The monoisotopic (exact) mass is 320 g/mol. The average molecular weight is 320 g/mol. The molecule has 1 aromatic rings. The highest BCUT2D eigenvalue weighted by atomic mass is 32.2. The van der Waals surface area contributed by atoms with Gasteiger partial charge < -0.3 is 0 Å². The highest BCUT2D eigenvalue weighted by Crippen LogP contribution is 2.12. The van der Waals surface area contributed by atoms with Crippen molar-refractivity contribution in [2.45, 2.75) is 37.9 Å². The van der Waals surface area contributed by atoms with Gasteiger partial charge in [0.05, 0.1) is 11.3 Å². The van der Waals surface area contributed by atoms with Crippen LogP contribution in [0.15, 0.2) is 29.2 Å². The SMILES string of the molecule is Cc1ccc(S(=O)(=O)OCC#CCC#C[Si](C)(C)C)cc1. The number of aryl methyl sites for hydroxylation is 1. The van der Waals surface area contributed by atoms with Crippen LogP contribution in [0.1, 0.15) is 12.0 Å².